The van der Waals surface area contributed by atoms with E-state index >= 15 is 0 Å². The predicted octanol–water partition coefficient (Wildman–Crippen LogP) is 3.48. The van der Waals surface area contributed by atoms with Gasteiger partial charge in [-0.05, 0) is 48.6 Å². The first-order valence-corrected chi connectivity index (χ1v) is 7.94. The van der Waals surface area contributed by atoms with Crippen LogP contribution < -0.4 is 10.6 Å². The molecule has 2 N–H and O–H groups in total. The second-order valence-corrected chi connectivity index (χ2v) is 7.30. The SMILES string of the molecule is CNc1nc(Cl)nc(NC2(C#N)CCC(C(C)(C)C)CC2)n1. The maximum atomic E-state index is 9.66. The molecule has 0 atom stereocenters. The number of nitriles is 1. The summed E-state index contributed by atoms with van der Waals surface area (Å²) in [6.07, 6.45) is 3.59. The van der Waals surface area contributed by atoms with Crippen LogP contribution in [0.2, 0.25) is 5.28 Å². The van der Waals surface area contributed by atoms with E-state index in [9.17, 15) is 5.26 Å². The molecule has 120 valence electrons. The van der Waals surface area contributed by atoms with Crippen LogP contribution in [-0.2, 0) is 0 Å². The van der Waals surface area contributed by atoms with E-state index in [1.807, 2.05) is 0 Å². The van der Waals surface area contributed by atoms with Gasteiger partial charge in [-0.3, -0.25) is 0 Å². The fraction of sp³-hybridized carbons (Fsp3) is 0.733. The Morgan fingerprint density at radius 3 is 2.27 bits per heavy atom. The van der Waals surface area contributed by atoms with Crippen molar-refractivity contribution in [3.05, 3.63) is 5.28 Å². The van der Waals surface area contributed by atoms with Gasteiger partial charge in [0.05, 0.1) is 6.07 Å². The molecule has 0 amide bonds. The first-order chi connectivity index (χ1) is 10.3. The highest BCUT2D eigenvalue weighted by molar-refractivity contribution is 6.28. The minimum atomic E-state index is -0.628. The molecule has 1 aliphatic rings. The number of nitrogens with one attached hydrogen (secondary N) is 2. The number of halogens is 1. The summed E-state index contributed by atoms with van der Waals surface area (Å²) in [6, 6.07) is 2.42. The zero-order chi connectivity index (χ0) is 16.4. The van der Waals surface area contributed by atoms with Gasteiger partial charge in [0.1, 0.15) is 5.54 Å². The molecule has 0 radical (unpaired) electrons. The maximum Gasteiger partial charge on any atom is 0.230 e. The summed E-state index contributed by atoms with van der Waals surface area (Å²) in [6.45, 7) is 6.78. The molecule has 6 nitrogen and oxygen atoms in total. The molecule has 1 fully saturated rings. The van der Waals surface area contributed by atoms with Gasteiger partial charge in [0.2, 0.25) is 17.2 Å². The average Bonchev–Trinajstić information content (AvgIpc) is 2.46. The van der Waals surface area contributed by atoms with Crippen molar-refractivity contribution in [3.8, 4) is 6.07 Å². The lowest BCUT2D eigenvalue weighted by Gasteiger charge is -2.40. The fourth-order valence-electron chi connectivity index (χ4n) is 2.97. The van der Waals surface area contributed by atoms with Gasteiger partial charge in [-0.25, -0.2) is 0 Å². The van der Waals surface area contributed by atoms with Crippen molar-refractivity contribution in [2.45, 2.75) is 52.0 Å². The summed E-state index contributed by atoms with van der Waals surface area (Å²) in [5, 5.41) is 15.8. The Balaban J connectivity index is 2.14. The summed E-state index contributed by atoms with van der Waals surface area (Å²) in [5.41, 5.74) is -0.352. The van der Waals surface area contributed by atoms with Crippen LogP contribution in [0.4, 0.5) is 11.9 Å². The lowest BCUT2D eigenvalue weighted by molar-refractivity contribution is 0.158. The van der Waals surface area contributed by atoms with Crippen molar-refractivity contribution in [2.24, 2.45) is 11.3 Å². The monoisotopic (exact) mass is 322 g/mol. The molecule has 0 bridgehead atoms. The molecule has 1 aliphatic carbocycles. The Kier molecular flexibility index (Phi) is 4.76. The third-order valence-corrected chi connectivity index (χ3v) is 4.63. The molecule has 0 unspecified atom stereocenters. The zero-order valence-corrected chi connectivity index (χ0v) is 14.3. The number of aromatic nitrogens is 3. The van der Waals surface area contributed by atoms with Gasteiger partial charge in [0, 0.05) is 7.05 Å². The second-order valence-electron chi connectivity index (χ2n) is 6.96. The number of nitrogens with zero attached hydrogens (tertiary/aromatic N) is 4. The number of anilines is 2. The normalized spacial score (nSPS) is 25.4. The van der Waals surface area contributed by atoms with Crippen LogP contribution in [0.3, 0.4) is 0 Å². The van der Waals surface area contributed by atoms with Gasteiger partial charge in [-0.1, -0.05) is 20.8 Å². The molecule has 1 saturated carbocycles. The topological polar surface area (TPSA) is 86.5 Å². The molecule has 0 aromatic carbocycles. The lowest BCUT2D eigenvalue weighted by atomic mass is 9.67. The lowest BCUT2D eigenvalue weighted by Crippen LogP contribution is -2.43. The van der Waals surface area contributed by atoms with E-state index in [1.165, 1.54) is 0 Å². The van der Waals surface area contributed by atoms with E-state index in [0.29, 0.717) is 17.8 Å². The van der Waals surface area contributed by atoms with Gasteiger partial charge in [-0.2, -0.15) is 20.2 Å². The highest BCUT2D eigenvalue weighted by Gasteiger charge is 2.39. The molecule has 1 aromatic rings. The fourth-order valence-corrected chi connectivity index (χ4v) is 3.13. The van der Waals surface area contributed by atoms with Crippen molar-refractivity contribution in [1.82, 2.24) is 15.0 Å². The molecule has 1 aromatic heterocycles. The Labute approximate surface area is 136 Å². The molecular weight excluding hydrogens is 300 g/mol. The standard InChI is InChI=1S/C15H23ClN6/c1-14(2,3)10-5-7-15(9-17,8-6-10)22-13-20-11(16)19-12(18-4)21-13/h10H,5-8H2,1-4H3,(H2,18,19,20,21,22). The van der Waals surface area contributed by atoms with E-state index < -0.39 is 5.54 Å². The van der Waals surface area contributed by atoms with Crippen molar-refractivity contribution in [3.63, 3.8) is 0 Å². The van der Waals surface area contributed by atoms with Crippen molar-refractivity contribution in [2.75, 3.05) is 17.7 Å². The van der Waals surface area contributed by atoms with Gasteiger partial charge in [0.25, 0.3) is 0 Å². The zero-order valence-electron chi connectivity index (χ0n) is 13.6. The quantitative estimate of drug-likeness (QED) is 0.886. The third kappa shape index (κ3) is 3.77. The van der Waals surface area contributed by atoms with E-state index in [-0.39, 0.29) is 10.7 Å². The Bertz CT molecular complexity index is 566. The van der Waals surface area contributed by atoms with Crippen molar-refractivity contribution < 1.29 is 0 Å². The second kappa shape index (κ2) is 6.25. The Hall–Kier alpha value is -1.61. The Morgan fingerprint density at radius 2 is 1.77 bits per heavy atom. The summed E-state index contributed by atoms with van der Waals surface area (Å²) in [7, 11) is 1.71. The first-order valence-electron chi connectivity index (χ1n) is 7.57. The molecular formula is C15H23ClN6. The Morgan fingerprint density at radius 1 is 1.18 bits per heavy atom. The average molecular weight is 323 g/mol. The number of rotatable bonds is 3. The summed E-state index contributed by atoms with van der Waals surface area (Å²) >= 11 is 5.89. The van der Waals surface area contributed by atoms with Crippen LogP contribution >= 0.6 is 11.6 Å². The molecule has 0 spiro atoms. The van der Waals surface area contributed by atoms with Gasteiger partial charge in [0.15, 0.2) is 0 Å². The van der Waals surface area contributed by atoms with Crippen molar-refractivity contribution in [1.29, 1.82) is 5.26 Å². The number of hydrogen-bond acceptors (Lipinski definition) is 6. The van der Waals surface area contributed by atoms with Crippen LogP contribution in [0.5, 0.6) is 0 Å². The van der Waals surface area contributed by atoms with Crippen LogP contribution in [0.25, 0.3) is 0 Å². The largest absolute Gasteiger partial charge is 0.357 e. The van der Waals surface area contributed by atoms with Gasteiger partial charge >= 0.3 is 0 Å². The van der Waals surface area contributed by atoms with E-state index in [1.54, 1.807) is 7.05 Å². The maximum absolute atomic E-state index is 9.66. The van der Waals surface area contributed by atoms with Gasteiger partial charge in [-0.15, -0.1) is 0 Å². The van der Waals surface area contributed by atoms with Crippen molar-refractivity contribution >= 4 is 23.5 Å². The van der Waals surface area contributed by atoms with Crippen LogP contribution in [-0.4, -0.2) is 27.5 Å². The summed E-state index contributed by atoms with van der Waals surface area (Å²) in [5.74, 6) is 1.37. The summed E-state index contributed by atoms with van der Waals surface area (Å²) < 4.78 is 0. The predicted molar refractivity (Wildman–Crippen MR) is 87.8 cm³/mol. The minimum Gasteiger partial charge on any atom is -0.357 e. The van der Waals surface area contributed by atoms with Crippen LogP contribution in [0.15, 0.2) is 0 Å². The van der Waals surface area contributed by atoms with E-state index in [4.69, 9.17) is 11.6 Å². The minimum absolute atomic E-state index is 0.110. The van der Waals surface area contributed by atoms with E-state index in [2.05, 4.69) is 52.4 Å². The molecule has 0 aliphatic heterocycles. The van der Waals surface area contributed by atoms with E-state index in [0.717, 1.165) is 25.7 Å². The van der Waals surface area contributed by atoms with Crippen LogP contribution in [0.1, 0.15) is 46.5 Å². The smallest absolute Gasteiger partial charge is 0.230 e. The molecule has 7 heteroatoms. The molecule has 1 heterocycles. The van der Waals surface area contributed by atoms with Gasteiger partial charge < -0.3 is 10.6 Å². The number of hydrogen-bond donors (Lipinski definition) is 2. The third-order valence-electron chi connectivity index (χ3n) is 4.46. The van der Waals surface area contributed by atoms with Crippen LogP contribution in [0, 0.1) is 22.7 Å². The molecule has 22 heavy (non-hydrogen) atoms. The summed E-state index contributed by atoms with van der Waals surface area (Å²) in [4.78, 5) is 12.3. The molecule has 0 saturated heterocycles. The molecule has 2 rings (SSSR count). The highest BCUT2D eigenvalue weighted by Crippen LogP contribution is 2.42. The highest BCUT2D eigenvalue weighted by atomic mass is 35.5. The first kappa shape index (κ1) is 16.8.